The molecule has 164 valence electrons. The third-order valence-electron chi connectivity index (χ3n) is 4.80. The maximum atomic E-state index is 13.0. The number of anilines is 1. The van der Waals surface area contributed by atoms with E-state index in [9.17, 15) is 4.57 Å². The Labute approximate surface area is 179 Å². The number of oxazole rings is 1. The first-order valence-electron chi connectivity index (χ1n) is 9.51. The number of rotatable bonds is 9. The number of hydrogen-bond acceptors (Lipinski definition) is 9. The van der Waals surface area contributed by atoms with Crippen LogP contribution in [-0.4, -0.2) is 33.1 Å². The lowest BCUT2D eigenvalue weighted by Crippen LogP contribution is -2.15. The predicted molar refractivity (Wildman–Crippen MR) is 113 cm³/mol. The molecule has 2 heterocycles. The number of ether oxygens (including phenoxy) is 3. The highest BCUT2D eigenvalue weighted by Gasteiger charge is 2.34. The first-order chi connectivity index (χ1) is 15.0. The summed E-state index contributed by atoms with van der Waals surface area (Å²) in [5.41, 5.74) is 1.98. The Hall–Kier alpha value is -3.00. The minimum absolute atomic E-state index is 0.0988. The third kappa shape index (κ3) is 4.54. The summed E-state index contributed by atoms with van der Waals surface area (Å²) in [5.74, 6) is 2.74. The number of nitrogens with one attached hydrogen (secondary N) is 1. The second-order valence-corrected chi connectivity index (χ2v) is 8.84. The van der Waals surface area contributed by atoms with Gasteiger partial charge in [0.25, 0.3) is 0 Å². The van der Waals surface area contributed by atoms with Gasteiger partial charge in [0.2, 0.25) is 24.0 Å². The van der Waals surface area contributed by atoms with Crippen molar-refractivity contribution in [3.05, 3.63) is 59.5 Å². The quantitative estimate of drug-likeness (QED) is 0.493. The maximum Gasteiger partial charge on any atom is 0.384 e. The van der Waals surface area contributed by atoms with Crippen LogP contribution in [0, 0.1) is 0 Å². The van der Waals surface area contributed by atoms with Gasteiger partial charge >= 0.3 is 7.60 Å². The summed E-state index contributed by atoms with van der Waals surface area (Å²) in [5, 5.41) is 3.14. The average molecular weight is 446 g/mol. The van der Waals surface area contributed by atoms with Crippen LogP contribution in [0.4, 0.5) is 5.88 Å². The highest BCUT2D eigenvalue weighted by Crippen LogP contribution is 2.47. The summed E-state index contributed by atoms with van der Waals surface area (Å²) in [4.78, 5) is 4.41. The molecule has 0 fully saturated rings. The van der Waals surface area contributed by atoms with Crippen LogP contribution in [0.1, 0.15) is 17.0 Å². The van der Waals surface area contributed by atoms with Gasteiger partial charge in [-0.2, -0.15) is 0 Å². The van der Waals surface area contributed by atoms with Gasteiger partial charge in [0.1, 0.15) is 5.75 Å². The topological polar surface area (TPSA) is 101 Å². The number of fused-ring (bicyclic) bond motifs is 1. The smallest absolute Gasteiger partial charge is 0.384 e. The van der Waals surface area contributed by atoms with Gasteiger partial charge in [-0.05, 0) is 35.4 Å². The Morgan fingerprint density at radius 1 is 1.00 bits per heavy atom. The fourth-order valence-corrected chi connectivity index (χ4v) is 4.23. The molecule has 10 heteroatoms. The van der Waals surface area contributed by atoms with Crippen LogP contribution < -0.4 is 25.0 Å². The van der Waals surface area contributed by atoms with Gasteiger partial charge in [-0.3, -0.25) is 4.57 Å². The molecular weight excluding hydrogens is 423 g/mol. The lowest BCUT2D eigenvalue weighted by atomic mass is 10.1. The van der Waals surface area contributed by atoms with Crippen LogP contribution in [0.5, 0.6) is 17.2 Å². The molecule has 1 N–H and O–H groups in total. The number of methoxy groups -OCH3 is 1. The summed E-state index contributed by atoms with van der Waals surface area (Å²) in [6.45, 7) is 0.590. The molecule has 1 aliphatic rings. The van der Waals surface area contributed by atoms with Crippen molar-refractivity contribution in [3.63, 3.8) is 0 Å². The van der Waals surface area contributed by atoms with Gasteiger partial charge < -0.3 is 33.0 Å². The van der Waals surface area contributed by atoms with E-state index < -0.39 is 7.60 Å². The largest absolute Gasteiger partial charge is 0.497 e. The standard InChI is InChI=1S/C21H23N2O7P/c1-25-16-7-4-14(5-8-16)11-19-23-21(31(24,26-2)27-3)20(30-19)22-12-15-6-9-17-18(10-15)29-13-28-17/h4-10,22H,11-13H2,1-3H3. The van der Waals surface area contributed by atoms with Gasteiger partial charge in [-0.25, -0.2) is 4.98 Å². The van der Waals surface area contributed by atoms with Crippen molar-refractivity contribution in [2.45, 2.75) is 13.0 Å². The molecule has 0 unspecified atom stereocenters. The molecule has 0 saturated heterocycles. The van der Waals surface area contributed by atoms with Crippen molar-refractivity contribution in [1.29, 1.82) is 0 Å². The molecule has 9 nitrogen and oxygen atoms in total. The van der Waals surface area contributed by atoms with Gasteiger partial charge in [0.05, 0.1) is 7.11 Å². The van der Waals surface area contributed by atoms with Crippen LogP contribution in [0.25, 0.3) is 0 Å². The molecule has 3 aromatic rings. The molecule has 0 radical (unpaired) electrons. The number of benzene rings is 2. The van der Waals surface area contributed by atoms with Gasteiger partial charge in [0, 0.05) is 27.2 Å². The first kappa shape index (κ1) is 21.2. The van der Waals surface area contributed by atoms with E-state index in [1.54, 1.807) is 7.11 Å². The molecule has 0 spiro atoms. The van der Waals surface area contributed by atoms with E-state index >= 15 is 0 Å². The van der Waals surface area contributed by atoms with Crippen LogP contribution in [0.3, 0.4) is 0 Å². The monoisotopic (exact) mass is 446 g/mol. The molecule has 0 saturated carbocycles. The molecule has 2 aromatic carbocycles. The summed E-state index contributed by atoms with van der Waals surface area (Å²) in [7, 11) is 0.596. The SMILES string of the molecule is COc1ccc(Cc2nc(P(=O)(OC)OC)c(NCc3ccc4c(c3)OCO4)o2)cc1. The molecule has 0 aliphatic carbocycles. The van der Waals surface area contributed by atoms with E-state index in [0.717, 1.165) is 16.9 Å². The van der Waals surface area contributed by atoms with Crippen molar-refractivity contribution < 1.29 is 32.2 Å². The molecular formula is C21H23N2O7P. The molecule has 1 aromatic heterocycles. The first-order valence-corrected chi connectivity index (χ1v) is 11.1. The zero-order valence-corrected chi connectivity index (χ0v) is 18.3. The Morgan fingerprint density at radius 3 is 2.42 bits per heavy atom. The zero-order chi connectivity index (χ0) is 21.8. The fourth-order valence-electron chi connectivity index (χ4n) is 3.13. The van der Waals surface area contributed by atoms with Crippen molar-refractivity contribution in [2.75, 3.05) is 33.4 Å². The highest BCUT2D eigenvalue weighted by atomic mass is 31.2. The summed E-state index contributed by atoms with van der Waals surface area (Å²) in [6.07, 6.45) is 0.399. The van der Waals surface area contributed by atoms with Gasteiger partial charge in [-0.15, -0.1) is 0 Å². The molecule has 31 heavy (non-hydrogen) atoms. The van der Waals surface area contributed by atoms with Crippen molar-refractivity contribution >= 4 is 18.9 Å². The normalized spacial score (nSPS) is 12.7. The van der Waals surface area contributed by atoms with Crippen LogP contribution >= 0.6 is 7.60 Å². The van der Waals surface area contributed by atoms with Gasteiger partial charge in [0.15, 0.2) is 11.5 Å². The van der Waals surface area contributed by atoms with E-state index in [4.69, 9.17) is 27.7 Å². The number of aromatic nitrogens is 1. The zero-order valence-electron chi connectivity index (χ0n) is 17.4. The maximum absolute atomic E-state index is 13.0. The summed E-state index contributed by atoms with van der Waals surface area (Å²) < 4.78 is 45.1. The van der Waals surface area contributed by atoms with Crippen LogP contribution in [0.15, 0.2) is 46.9 Å². The molecule has 4 rings (SSSR count). The average Bonchev–Trinajstić information content (AvgIpc) is 3.44. The third-order valence-corrected chi connectivity index (χ3v) is 6.58. The Bertz CT molecular complexity index is 1090. The van der Waals surface area contributed by atoms with Crippen molar-refractivity contribution in [2.24, 2.45) is 0 Å². The van der Waals surface area contributed by atoms with Gasteiger partial charge in [-0.1, -0.05) is 18.2 Å². The van der Waals surface area contributed by atoms with Crippen molar-refractivity contribution in [3.8, 4) is 17.2 Å². The van der Waals surface area contributed by atoms with Crippen LogP contribution in [-0.2, 0) is 26.6 Å². The molecule has 0 amide bonds. The van der Waals surface area contributed by atoms with E-state index in [1.807, 2.05) is 42.5 Å². The van der Waals surface area contributed by atoms with E-state index in [2.05, 4.69) is 10.3 Å². The molecule has 0 bridgehead atoms. The predicted octanol–water partition coefficient (Wildman–Crippen LogP) is 3.73. The molecule has 0 atom stereocenters. The highest BCUT2D eigenvalue weighted by molar-refractivity contribution is 7.62. The van der Waals surface area contributed by atoms with Crippen LogP contribution in [0.2, 0.25) is 0 Å². The second-order valence-electron chi connectivity index (χ2n) is 6.69. The Kier molecular flexibility index (Phi) is 6.18. The molecule has 1 aliphatic heterocycles. The number of nitrogens with zero attached hydrogens (tertiary/aromatic N) is 1. The lowest BCUT2D eigenvalue weighted by Gasteiger charge is -2.12. The van der Waals surface area contributed by atoms with E-state index in [1.165, 1.54) is 14.2 Å². The van der Waals surface area contributed by atoms with Crippen molar-refractivity contribution in [1.82, 2.24) is 4.98 Å². The minimum Gasteiger partial charge on any atom is -0.497 e. The fraction of sp³-hybridized carbons (Fsp3) is 0.286. The van der Waals surface area contributed by atoms with E-state index in [0.29, 0.717) is 30.4 Å². The summed E-state index contributed by atoms with van der Waals surface area (Å²) >= 11 is 0. The number of hydrogen-bond donors (Lipinski definition) is 1. The minimum atomic E-state index is -3.63. The summed E-state index contributed by atoms with van der Waals surface area (Å²) in [6, 6.07) is 13.1. The van der Waals surface area contributed by atoms with E-state index in [-0.39, 0.29) is 18.1 Å². The Morgan fingerprint density at radius 2 is 1.71 bits per heavy atom. The lowest BCUT2D eigenvalue weighted by molar-refractivity contribution is 0.174. The Balaban J connectivity index is 1.57. The second kappa shape index (κ2) is 9.01.